The van der Waals surface area contributed by atoms with E-state index in [0.717, 1.165) is 90.0 Å². The van der Waals surface area contributed by atoms with Gasteiger partial charge in [0, 0.05) is 37.5 Å². The van der Waals surface area contributed by atoms with Crippen LogP contribution in [0.25, 0.3) is 22.5 Å². The Morgan fingerprint density at radius 1 is 0.228 bits per heavy atom. The minimum absolute atomic E-state index is 0. The predicted octanol–water partition coefficient (Wildman–Crippen LogP) is 25.4. The molecule has 0 fully saturated rings. The molecule has 0 N–H and O–H groups in total. The van der Waals surface area contributed by atoms with Crippen molar-refractivity contribution in [2.75, 3.05) is 0 Å². The topological polar surface area (TPSA) is 81.2 Å². The summed E-state index contributed by atoms with van der Waals surface area (Å²) in [5.41, 5.74) is 11.8. The molecule has 15 heteroatoms. The average molecular weight is 2050 g/mol. The summed E-state index contributed by atoms with van der Waals surface area (Å²) < 4.78 is 37.8. The van der Waals surface area contributed by atoms with Crippen LogP contribution in [0.15, 0.2) is 437 Å². The second kappa shape index (κ2) is 48.6. The van der Waals surface area contributed by atoms with E-state index in [9.17, 15) is 0 Å². The van der Waals surface area contributed by atoms with E-state index >= 15 is 0 Å². The number of rotatable bonds is 23. The standard InChI is InChI=1S/2C27H26NO3P.3C18H15P.2Os/c2*1-19-11-8-12-20(2)26(19)30-32(31-27-21(3)13-9-14-22(27)4)29-25-18-10-17-24(28-25)23-15-6-5-7-16-23;3*1-4-10-16(11-5-1)19(17-12-6-2-7-13-17)18-14-8-3-9-15-18;;/h5-15,17-18,32H,1-4H3;5-18H,1-4H3;3*1-15H;;/q;;;;;;+1. The van der Waals surface area contributed by atoms with E-state index in [-0.39, 0.29) is 39.6 Å². The number of hydrogen-bond donors (Lipinski definition) is 0. The zero-order valence-corrected chi connectivity index (χ0v) is 79.6. The van der Waals surface area contributed by atoms with Gasteiger partial charge in [0.2, 0.25) is 5.88 Å². The molecule has 0 amide bonds. The van der Waals surface area contributed by atoms with Crippen LogP contribution in [0.1, 0.15) is 44.5 Å². The molecule has 8 nitrogen and oxygen atoms in total. The van der Waals surface area contributed by atoms with Crippen molar-refractivity contribution in [3.8, 4) is 57.3 Å². The van der Waals surface area contributed by atoms with Gasteiger partial charge < -0.3 is 13.6 Å². The fourth-order valence-electron chi connectivity index (χ4n) is 13.3. The molecule has 0 aliphatic carbocycles. The van der Waals surface area contributed by atoms with E-state index in [1.165, 1.54) is 47.7 Å². The fourth-order valence-corrected chi connectivity index (χ4v) is 22.9. The molecule has 0 atom stereocenters. The third-order valence-corrected chi connectivity index (χ3v) is 28.8. The van der Waals surface area contributed by atoms with E-state index in [4.69, 9.17) is 27.1 Å². The molecule has 615 valence electrons. The summed E-state index contributed by atoms with van der Waals surface area (Å²) in [5, 5.41) is 12.6. The first-order valence-electron chi connectivity index (χ1n) is 40.2. The molecule has 0 saturated carbocycles. The zero-order chi connectivity index (χ0) is 83.8. The minimum Gasteiger partial charge on any atom is -0.408 e. The van der Waals surface area contributed by atoms with Crippen molar-refractivity contribution in [1.82, 2.24) is 9.97 Å². The van der Waals surface area contributed by atoms with Crippen molar-refractivity contribution < 1.29 is 66.7 Å². The number of benzene rings is 15. The van der Waals surface area contributed by atoms with E-state index in [2.05, 4.69) is 289 Å². The van der Waals surface area contributed by atoms with Crippen molar-refractivity contribution >= 4 is 88.7 Å². The molecule has 123 heavy (non-hydrogen) atoms. The first kappa shape index (κ1) is 92.5. The fraction of sp³-hybridized carbons (Fsp3) is 0.0741. The number of aryl methyl sites for hydroxylation is 8. The molecule has 17 aromatic rings. The van der Waals surface area contributed by atoms with Gasteiger partial charge >= 0.3 is 37.0 Å². The number of aromatic nitrogens is 2. The van der Waals surface area contributed by atoms with Gasteiger partial charge in [0.25, 0.3) is 5.88 Å². The van der Waals surface area contributed by atoms with Gasteiger partial charge in [-0.15, -0.1) is 35.9 Å². The van der Waals surface area contributed by atoms with Crippen LogP contribution >= 0.6 is 41.0 Å². The molecule has 15 aromatic carbocycles. The third-order valence-electron chi connectivity index (χ3n) is 19.3. The Balaban J connectivity index is 0.000000152. The minimum atomic E-state index is -2.26. The van der Waals surface area contributed by atoms with E-state index in [0.29, 0.717) is 11.8 Å². The Hall–Kier alpha value is -11.2. The van der Waals surface area contributed by atoms with Gasteiger partial charge in [-0.1, -0.05) is 394 Å². The maximum atomic E-state index is 6.35. The largest absolute Gasteiger partial charge is 1.00 e. The SMILES string of the molecule is Cc1cccc(C)c1OP(Oc1cccc(-c2ccccc2)n1)Oc1c(C)cccc1C.Cc1cccc(C)c1O[PH+](Oc1cccc(-c2[c-]cccc2)n1)Oc1c(C)cccc1C.[Os+].[Os].c1ccc(P(c2ccccc2)c2ccccc2)cc1.c1ccc(P(c2ccccc2)c2ccccc2)cc1.c1ccc(P(c2ccccc2)c2ccccc2)cc1. The van der Waals surface area contributed by atoms with E-state index in [1.54, 1.807) is 0 Å². The van der Waals surface area contributed by atoms with Crippen molar-refractivity contribution in [2.24, 2.45) is 0 Å². The molecule has 0 aliphatic heterocycles. The summed E-state index contributed by atoms with van der Waals surface area (Å²) in [6.45, 7) is 16.1. The third kappa shape index (κ3) is 26.9. The Bertz CT molecular complexity index is 5040. The van der Waals surface area contributed by atoms with Crippen LogP contribution in [0.2, 0.25) is 0 Å². The van der Waals surface area contributed by atoms with E-state index < -0.39 is 41.0 Å². The Labute approximate surface area is 759 Å². The van der Waals surface area contributed by atoms with Crippen molar-refractivity contribution in [3.05, 3.63) is 487 Å². The number of para-hydroxylation sites is 4. The zero-order valence-electron chi connectivity index (χ0n) is 69.9. The second-order valence-corrected chi connectivity index (χ2v) is 37.1. The van der Waals surface area contributed by atoms with E-state index in [1.807, 2.05) is 219 Å². The monoisotopic (exact) mass is 2060 g/mol. The number of pyridine rings is 2. The van der Waals surface area contributed by atoms with Gasteiger partial charge in [-0.25, -0.2) is 4.98 Å². The molecule has 2 heterocycles. The molecule has 0 unspecified atom stereocenters. The summed E-state index contributed by atoms with van der Waals surface area (Å²) in [5.74, 6) is 3.99. The molecule has 0 bridgehead atoms. The molecular formula is C108H97N2O6Os2P5+. The maximum Gasteiger partial charge on any atom is 1.00 e. The molecule has 0 spiro atoms. The molecular weight excluding hydrogens is 1960 g/mol. The van der Waals surface area contributed by atoms with Crippen LogP contribution in [-0.4, -0.2) is 9.97 Å². The van der Waals surface area contributed by atoms with Gasteiger partial charge in [-0.2, -0.15) is 0 Å². The Morgan fingerprint density at radius 3 is 0.756 bits per heavy atom. The van der Waals surface area contributed by atoms with Crippen molar-refractivity contribution in [2.45, 2.75) is 55.4 Å². The van der Waals surface area contributed by atoms with Gasteiger partial charge in [0.15, 0.2) is 11.5 Å². The Kier molecular flexibility index (Phi) is 36.6. The normalized spacial score (nSPS) is 10.5. The summed E-state index contributed by atoms with van der Waals surface area (Å²) in [7, 11) is -5.40. The first-order valence-corrected chi connectivity index (χ1v) is 46.5. The summed E-state index contributed by atoms with van der Waals surface area (Å²) in [6, 6.07) is 153. The quantitative estimate of drug-likeness (QED) is 0.0463. The summed E-state index contributed by atoms with van der Waals surface area (Å²) >= 11 is 0. The second-order valence-electron chi connectivity index (χ2n) is 28.3. The predicted molar refractivity (Wildman–Crippen MR) is 516 cm³/mol. The van der Waals surface area contributed by atoms with Crippen molar-refractivity contribution in [3.63, 3.8) is 0 Å². The van der Waals surface area contributed by atoms with Crippen LogP contribution in [0.3, 0.4) is 0 Å². The van der Waals surface area contributed by atoms with Gasteiger partial charge in [-0.3, -0.25) is 18.6 Å². The Morgan fingerprint density at radius 2 is 0.472 bits per heavy atom. The van der Waals surface area contributed by atoms with Crippen LogP contribution in [0.5, 0.6) is 34.8 Å². The maximum absolute atomic E-state index is 6.35. The molecule has 1 radical (unpaired) electrons. The average Bonchev–Trinajstić information content (AvgIpc) is 0.839. The van der Waals surface area contributed by atoms with Crippen LogP contribution < -0.4 is 74.9 Å². The van der Waals surface area contributed by atoms with Gasteiger partial charge in [0.05, 0.1) is 5.69 Å². The van der Waals surface area contributed by atoms with Gasteiger partial charge in [-0.05, 0) is 183 Å². The summed E-state index contributed by atoms with van der Waals surface area (Å²) in [6.07, 6.45) is 0. The number of nitrogens with zero attached hydrogens (tertiary/aromatic N) is 2. The van der Waals surface area contributed by atoms with Gasteiger partial charge in [0.1, 0.15) is 11.5 Å². The van der Waals surface area contributed by atoms with Crippen LogP contribution in [0, 0.1) is 61.5 Å². The van der Waals surface area contributed by atoms with Crippen LogP contribution in [-0.2, 0) is 39.6 Å². The molecule has 0 aliphatic rings. The van der Waals surface area contributed by atoms with Crippen molar-refractivity contribution in [1.29, 1.82) is 0 Å². The smallest absolute Gasteiger partial charge is 0.408 e. The molecule has 17 rings (SSSR count). The first-order chi connectivity index (χ1) is 59.4. The van der Waals surface area contributed by atoms with Crippen LogP contribution in [0.4, 0.5) is 0 Å². The molecule has 0 saturated heterocycles. The summed E-state index contributed by atoms with van der Waals surface area (Å²) in [4.78, 5) is 9.36. The number of hydrogen-bond acceptors (Lipinski definition) is 8. The molecule has 2 aromatic heterocycles.